The average molecular weight is 726 g/mol. The first-order valence-electron chi connectivity index (χ1n) is 18.3. The molecule has 0 atom stereocenters. The van der Waals surface area contributed by atoms with Crippen LogP contribution in [-0.2, 0) is 42.6 Å². The molecule has 0 bridgehead atoms. The monoisotopic (exact) mass is 725 g/mol. The van der Waals surface area contributed by atoms with Crippen molar-refractivity contribution in [1.29, 1.82) is 0 Å². The molecule has 6 rings (SSSR count). The molecule has 0 radical (unpaired) electrons. The number of carbonyl (C=O) groups excluding carboxylic acids is 1. The van der Waals surface area contributed by atoms with E-state index in [2.05, 4.69) is 17.0 Å². The van der Waals surface area contributed by atoms with Gasteiger partial charge in [-0.1, -0.05) is 54.6 Å². The van der Waals surface area contributed by atoms with Crippen molar-refractivity contribution in [2.75, 3.05) is 46.5 Å². The topological polar surface area (TPSA) is 132 Å². The van der Waals surface area contributed by atoms with Crippen LogP contribution in [0.25, 0.3) is 32.8 Å². The van der Waals surface area contributed by atoms with Crippen molar-refractivity contribution in [2.24, 2.45) is 7.05 Å². The van der Waals surface area contributed by atoms with Gasteiger partial charge < -0.3 is 33.9 Å². The van der Waals surface area contributed by atoms with E-state index in [9.17, 15) is 19.8 Å². The Morgan fingerprint density at radius 2 is 1.70 bits per heavy atom. The Morgan fingerprint density at radius 3 is 2.43 bits per heavy atom. The molecule has 0 unspecified atom stereocenters. The van der Waals surface area contributed by atoms with Gasteiger partial charge in [0, 0.05) is 68.7 Å². The van der Waals surface area contributed by atoms with E-state index in [0.29, 0.717) is 64.4 Å². The molecule has 2 N–H and O–H groups in total. The highest BCUT2D eigenvalue weighted by Gasteiger charge is 2.28. The number of para-hydroxylation sites is 1. The van der Waals surface area contributed by atoms with E-state index < -0.39 is 17.7 Å². The number of benzene rings is 3. The lowest BCUT2D eigenvalue weighted by molar-refractivity contribution is 0.0294. The maximum absolute atomic E-state index is 13.3. The second-order valence-electron chi connectivity index (χ2n) is 14.6. The molecular weight excluding hydrogens is 674 g/mol. The van der Waals surface area contributed by atoms with Crippen LogP contribution in [0.1, 0.15) is 61.1 Å². The second-order valence-corrected chi connectivity index (χ2v) is 14.6. The Kier molecular flexibility index (Phi) is 11.7. The molecule has 3 aromatic carbocycles. The van der Waals surface area contributed by atoms with Gasteiger partial charge in [0.2, 0.25) is 0 Å². The van der Waals surface area contributed by atoms with Crippen molar-refractivity contribution >= 4 is 33.7 Å². The number of morpholine rings is 1. The molecule has 282 valence electrons. The summed E-state index contributed by atoms with van der Waals surface area (Å²) in [5, 5.41) is 29.3. The SMILES string of the molecule is CN(CCCn1c(C(=O)O)c(CCCOc2cccc3ccccc23)c2cccc(-c3c(CN4CCOCC4)nn(C)c3CO)c21)C(=O)OC(C)(C)C. The normalized spacial score (nSPS) is 13.8. The van der Waals surface area contributed by atoms with Crippen molar-refractivity contribution in [1.82, 2.24) is 24.1 Å². The van der Waals surface area contributed by atoms with Gasteiger partial charge in [-0.2, -0.15) is 5.10 Å². The van der Waals surface area contributed by atoms with Crippen LogP contribution in [0.5, 0.6) is 5.75 Å². The van der Waals surface area contributed by atoms with Crippen LogP contribution in [-0.4, -0.2) is 98.5 Å². The number of aryl methyl sites for hydroxylation is 3. The Labute approximate surface area is 310 Å². The van der Waals surface area contributed by atoms with Crippen molar-refractivity contribution in [3.05, 3.63) is 83.3 Å². The highest BCUT2D eigenvalue weighted by molar-refractivity contribution is 6.04. The molecule has 1 saturated heterocycles. The maximum Gasteiger partial charge on any atom is 0.410 e. The van der Waals surface area contributed by atoms with E-state index in [-0.39, 0.29) is 12.3 Å². The first kappa shape index (κ1) is 37.8. The Hall–Kier alpha value is -4.91. The number of aromatic nitrogens is 3. The molecule has 0 saturated carbocycles. The molecule has 12 heteroatoms. The first-order chi connectivity index (χ1) is 25.5. The molecule has 5 aromatic rings. The van der Waals surface area contributed by atoms with Gasteiger partial charge in [0.1, 0.15) is 17.0 Å². The highest BCUT2D eigenvalue weighted by Crippen LogP contribution is 2.39. The largest absolute Gasteiger partial charge is 0.493 e. The van der Waals surface area contributed by atoms with Crippen molar-refractivity contribution in [2.45, 2.75) is 65.3 Å². The van der Waals surface area contributed by atoms with E-state index >= 15 is 0 Å². The van der Waals surface area contributed by atoms with Crippen molar-refractivity contribution < 1.29 is 34.0 Å². The van der Waals surface area contributed by atoms with Crippen LogP contribution >= 0.6 is 0 Å². The van der Waals surface area contributed by atoms with Gasteiger partial charge in [0.15, 0.2) is 0 Å². The number of aromatic carboxylic acids is 1. The summed E-state index contributed by atoms with van der Waals surface area (Å²) in [5.41, 5.74) is 4.14. The fraction of sp³-hybridized carbons (Fsp3) is 0.439. The van der Waals surface area contributed by atoms with Crippen molar-refractivity contribution in [3.63, 3.8) is 0 Å². The number of hydrogen-bond acceptors (Lipinski definition) is 8. The predicted molar refractivity (Wildman–Crippen MR) is 204 cm³/mol. The Balaban J connectivity index is 1.38. The lowest BCUT2D eigenvalue weighted by Crippen LogP contribution is -2.35. The highest BCUT2D eigenvalue weighted by atomic mass is 16.6. The second kappa shape index (κ2) is 16.4. The van der Waals surface area contributed by atoms with Crippen LogP contribution in [0.2, 0.25) is 0 Å². The summed E-state index contributed by atoms with van der Waals surface area (Å²) in [6.07, 6.45) is 1.11. The van der Waals surface area contributed by atoms with E-state index in [4.69, 9.17) is 19.3 Å². The number of carboxylic acid groups (broad SMARTS) is 1. The van der Waals surface area contributed by atoms with Gasteiger partial charge in [0.05, 0.1) is 43.3 Å². The zero-order valence-corrected chi connectivity index (χ0v) is 31.4. The van der Waals surface area contributed by atoms with Gasteiger partial charge in [-0.05, 0) is 57.0 Å². The van der Waals surface area contributed by atoms with Crippen LogP contribution in [0.3, 0.4) is 0 Å². The summed E-state index contributed by atoms with van der Waals surface area (Å²) < 4.78 is 21.0. The number of ether oxygens (including phenoxy) is 3. The van der Waals surface area contributed by atoms with Gasteiger partial charge in [-0.3, -0.25) is 9.58 Å². The summed E-state index contributed by atoms with van der Waals surface area (Å²) in [5.74, 6) is -0.235. The third-order valence-electron chi connectivity index (χ3n) is 9.68. The van der Waals surface area contributed by atoms with Gasteiger partial charge in [-0.25, -0.2) is 9.59 Å². The zero-order valence-electron chi connectivity index (χ0n) is 31.4. The standard InChI is InChI=1S/C41H51N5O7/c1-41(2,3)53-40(50)43(4)19-11-20-46-37-30(15-9-16-32(37)36-33(42-44(5)34(36)27-47)26-45-21-24-51-25-22-45)31(38(46)39(48)49)17-10-23-52-35-18-8-13-28-12-6-7-14-29(28)35/h6-9,12-16,18,47H,10-11,17,19-27H2,1-5H3,(H,48,49). The van der Waals surface area contributed by atoms with Gasteiger partial charge in [-0.15, -0.1) is 0 Å². The minimum absolute atomic E-state index is 0.210. The summed E-state index contributed by atoms with van der Waals surface area (Å²) in [7, 11) is 3.52. The molecule has 0 aliphatic carbocycles. The van der Waals surface area contributed by atoms with Gasteiger partial charge in [0.25, 0.3) is 0 Å². The quantitative estimate of drug-likeness (QED) is 0.123. The summed E-state index contributed by atoms with van der Waals surface area (Å²) in [6.45, 7) is 9.73. The van der Waals surface area contributed by atoms with Gasteiger partial charge >= 0.3 is 12.1 Å². The lowest BCUT2D eigenvalue weighted by atomic mass is 9.97. The molecule has 1 aliphatic rings. The van der Waals surface area contributed by atoms with Crippen LogP contribution < -0.4 is 4.74 Å². The number of nitrogens with zero attached hydrogens (tertiary/aromatic N) is 5. The number of carboxylic acids is 1. The third-order valence-corrected chi connectivity index (χ3v) is 9.68. The summed E-state index contributed by atoms with van der Waals surface area (Å²) in [4.78, 5) is 29.8. The fourth-order valence-corrected chi connectivity index (χ4v) is 7.25. The minimum Gasteiger partial charge on any atom is -0.493 e. The summed E-state index contributed by atoms with van der Waals surface area (Å²) in [6, 6.07) is 20.0. The average Bonchev–Trinajstić information content (AvgIpc) is 3.62. The molecule has 1 amide bonds. The van der Waals surface area contributed by atoms with E-state index in [1.807, 2.05) is 80.9 Å². The predicted octanol–water partition coefficient (Wildman–Crippen LogP) is 6.49. The van der Waals surface area contributed by atoms with E-state index in [1.54, 1.807) is 11.7 Å². The molecule has 53 heavy (non-hydrogen) atoms. The molecule has 2 aromatic heterocycles. The molecular formula is C41H51N5O7. The number of hydrogen-bond donors (Lipinski definition) is 2. The smallest absolute Gasteiger partial charge is 0.410 e. The summed E-state index contributed by atoms with van der Waals surface area (Å²) >= 11 is 0. The minimum atomic E-state index is -1.03. The zero-order chi connectivity index (χ0) is 37.7. The third kappa shape index (κ3) is 8.51. The molecule has 12 nitrogen and oxygen atoms in total. The molecule has 3 heterocycles. The van der Waals surface area contributed by atoms with Crippen LogP contribution in [0.4, 0.5) is 4.79 Å². The molecule has 0 spiro atoms. The van der Waals surface area contributed by atoms with Crippen molar-refractivity contribution in [3.8, 4) is 16.9 Å². The maximum atomic E-state index is 13.3. The van der Waals surface area contributed by atoms with E-state index in [1.165, 1.54) is 4.90 Å². The lowest BCUT2D eigenvalue weighted by Gasteiger charge is -2.26. The fourth-order valence-electron chi connectivity index (χ4n) is 7.25. The first-order valence-corrected chi connectivity index (χ1v) is 18.3. The number of amides is 1. The molecule has 1 fully saturated rings. The number of aliphatic hydroxyl groups excluding tert-OH is 1. The van der Waals surface area contributed by atoms with Crippen LogP contribution in [0, 0.1) is 0 Å². The van der Waals surface area contributed by atoms with Crippen LogP contribution in [0.15, 0.2) is 60.7 Å². The number of carbonyl (C=O) groups is 2. The Morgan fingerprint density at radius 1 is 0.981 bits per heavy atom. The molecule has 1 aliphatic heterocycles. The Bertz CT molecular complexity index is 2070. The number of fused-ring (bicyclic) bond motifs is 2. The van der Waals surface area contributed by atoms with E-state index in [0.717, 1.165) is 62.9 Å². The number of aliphatic hydroxyl groups is 1. The number of rotatable bonds is 14.